The summed E-state index contributed by atoms with van der Waals surface area (Å²) < 4.78 is 9.36. The smallest absolute Gasteiger partial charge is 0.230 e. The van der Waals surface area contributed by atoms with Crippen LogP contribution in [0.3, 0.4) is 0 Å². The highest BCUT2D eigenvalue weighted by Gasteiger charge is 2.28. The molecule has 2 unspecified atom stereocenters. The molecule has 0 saturated heterocycles. The average molecular weight is 510 g/mol. The molecule has 3 nitrogen and oxygen atoms in total. The van der Waals surface area contributed by atoms with Crippen molar-refractivity contribution < 1.29 is 6.17 Å². The van der Waals surface area contributed by atoms with E-state index in [2.05, 4.69) is 66.4 Å². The van der Waals surface area contributed by atoms with E-state index in [-0.39, 0.29) is 11.8 Å². The van der Waals surface area contributed by atoms with Crippen LogP contribution in [0.4, 0.5) is 11.4 Å². The summed E-state index contributed by atoms with van der Waals surface area (Å²) in [5.41, 5.74) is 6.49. The molecule has 5 rings (SSSR count). The summed E-state index contributed by atoms with van der Waals surface area (Å²) >= 11 is 0. The number of carbonyl (C=O) groups excluding carboxylic acids is 1. The molecule has 0 aromatic heterocycles. The van der Waals surface area contributed by atoms with Gasteiger partial charge in [0.15, 0.2) is 0 Å². The second kappa shape index (κ2) is 12.2. The molecule has 0 spiro atoms. The van der Waals surface area contributed by atoms with Crippen LogP contribution in [0.25, 0.3) is 11.1 Å². The fourth-order valence-corrected chi connectivity index (χ4v) is 6.39. The monoisotopic (exact) mass is 509 g/mol. The molecule has 2 saturated carbocycles. The van der Waals surface area contributed by atoms with Gasteiger partial charge >= 0.3 is 0 Å². The average Bonchev–Trinajstić information content (AvgIpc) is 2.98. The molecular formula is C35H44N2O. The van der Waals surface area contributed by atoms with Gasteiger partial charge in [-0.2, -0.15) is 0 Å². The van der Waals surface area contributed by atoms with Gasteiger partial charge in [-0.3, -0.25) is 4.79 Å². The minimum atomic E-state index is -0.774. The topological polar surface area (TPSA) is 23.6 Å². The molecule has 2 fully saturated rings. The fourth-order valence-electron chi connectivity index (χ4n) is 6.39. The van der Waals surface area contributed by atoms with Crippen LogP contribution in [0, 0.1) is 11.8 Å². The third kappa shape index (κ3) is 6.14. The number of nitrogens with zero attached hydrogens (tertiary/aromatic N) is 2. The van der Waals surface area contributed by atoms with Crippen LogP contribution in [-0.2, 0) is 11.3 Å². The summed E-state index contributed by atoms with van der Waals surface area (Å²) in [5.74, 6) is 1.32. The van der Waals surface area contributed by atoms with Gasteiger partial charge < -0.3 is 9.80 Å². The highest BCUT2D eigenvalue weighted by molar-refractivity contribution is 5.95. The maximum Gasteiger partial charge on any atom is 0.230 e. The molecule has 3 heteroatoms. The summed E-state index contributed by atoms with van der Waals surface area (Å²) in [4.78, 5) is 17.9. The van der Waals surface area contributed by atoms with Crippen LogP contribution >= 0.6 is 0 Å². The van der Waals surface area contributed by atoms with E-state index in [1.807, 2.05) is 32.3 Å². The van der Waals surface area contributed by atoms with Crippen molar-refractivity contribution in [1.29, 1.82) is 0 Å². The zero-order valence-corrected chi connectivity index (χ0v) is 23.4. The Morgan fingerprint density at radius 1 is 0.789 bits per heavy atom. The molecule has 2 aliphatic carbocycles. The number of benzene rings is 3. The van der Waals surface area contributed by atoms with Crippen LogP contribution in [-0.4, -0.2) is 20.0 Å². The lowest BCUT2D eigenvalue weighted by Crippen LogP contribution is -2.36. The van der Waals surface area contributed by atoms with Crippen molar-refractivity contribution in [2.75, 3.05) is 23.9 Å². The quantitative estimate of drug-likeness (QED) is 0.318. The Bertz CT molecular complexity index is 1230. The summed E-state index contributed by atoms with van der Waals surface area (Å²) in [5, 5.41) is 0. The van der Waals surface area contributed by atoms with E-state index >= 15 is 0 Å². The highest BCUT2D eigenvalue weighted by atomic mass is 16.2. The Morgan fingerprint density at radius 3 is 2.08 bits per heavy atom. The Morgan fingerprint density at radius 2 is 1.42 bits per heavy atom. The first-order chi connectivity index (χ1) is 18.9. The standard InChI is InChI=1S/C35H44N2O/c1-26-10-7-8-15-34(26)31-13-9-14-33(24-31)37(35(38)30-11-5-4-6-12-30)25-27-16-18-28(19-17-27)29-20-22-32(23-21-29)36(2)3/h9,13-14,16-24,26,30,34H,4-8,10-12,15,25H2,1-3H3/i25D/t25-,26?,34?/m1/s1. The van der Waals surface area contributed by atoms with Crippen molar-refractivity contribution in [2.24, 2.45) is 11.8 Å². The van der Waals surface area contributed by atoms with Crippen molar-refractivity contribution in [3.8, 4) is 11.1 Å². The Labute approximate surface area is 231 Å². The summed E-state index contributed by atoms with van der Waals surface area (Å²) in [6.45, 7) is 1.59. The predicted molar refractivity (Wildman–Crippen MR) is 161 cm³/mol. The number of carbonyl (C=O) groups is 1. The number of rotatable bonds is 7. The normalized spacial score (nSPS) is 21.4. The first kappa shape index (κ1) is 25.2. The van der Waals surface area contributed by atoms with E-state index in [4.69, 9.17) is 0 Å². The number of amides is 1. The van der Waals surface area contributed by atoms with Gasteiger partial charge in [0.25, 0.3) is 0 Å². The first-order valence-electron chi connectivity index (χ1n) is 15.2. The van der Waals surface area contributed by atoms with E-state index in [0.717, 1.165) is 48.1 Å². The molecule has 3 atom stereocenters. The Kier molecular flexibility index (Phi) is 8.09. The van der Waals surface area contributed by atoms with E-state index in [0.29, 0.717) is 11.8 Å². The number of hydrogen-bond donors (Lipinski definition) is 0. The largest absolute Gasteiger partial charge is 0.378 e. The van der Waals surface area contributed by atoms with Gasteiger partial charge in [-0.25, -0.2) is 0 Å². The molecule has 0 bridgehead atoms. The summed E-state index contributed by atoms with van der Waals surface area (Å²) in [6.07, 6.45) is 10.4. The molecule has 200 valence electrons. The van der Waals surface area contributed by atoms with Gasteiger partial charge in [0.1, 0.15) is 0 Å². The minimum Gasteiger partial charge on any atom is -0.378 e. The third-order valence-electron chi connectivity index (χ3n) is 8.79. The number of anilines is 2. The maximum absolute atomic E-state index is 14.0. The van der Waals surface area contributed by atoms with Crippen LogP contribution in [0.15, 0.2) is 72.8 Å². The van der Waals surface area contributed by atoms with Crippen molar-refractivity contribution in [3.63, 3.8) is 0 Å². The second-order valence-corrected chi connectivity index (χ2v) is 11.7. The van der Waals surface area contributed by atoms with Gasteiger partial charge in [0.05, 0.1) is 7.89 Å². The van der Waals surface area contributed by atoms with Gasteiger partial charge in [-0.15, -0.1) is 0 Å². The van der Waals surface area contributed by atoms with Crippen LogP contribution in [0.1, 0.15) is 83.1 Å². The van der Waals surface area contributed by atoms with Gasteiger partial charge in [0.2, 0.25) is 5.91 Å². The summed E-state index contributed by atoms with van der Waals surface area (Å²) in [6, 6.07) is 25.4. The van der Waals surface area contributed by atoms with E-state index < -0.39 is 6.52 Å². The SMILES string of the molecule is [2H][C@H](c1ccc(-c2ccc(N(C)C)cc2)cc1)N(C(=O)C1CCCCC1)c1cccc(C2CCCCC2C)c1. The molecule has 0 heterocycles. The van der Waals surface area contributed by atoms with Crippen molar-refractivity contribution in [3.05, 3.63) is 83.9 Å². The molecule has 3 aromatic rings. The predicted octanol–water partition coefficient (Wildman–Crippen LogP) is 8.83. The van der Waals surface area contributed by atoms with Crippen molar-refractivity contribution >= 4 is 17.3 Å². The van der Waals surface area contributed by atoms with Crippen molar-refractivity contribution in [1.82, 2.24) is 0 Å². The molecule has 3 aromatic carbocycles. The molecule has 2 aliphatic rings. The maximum atomic E-state index is 14.0. The van der Waals surface area contributed by atoms with Gasteiger partial charge in [-0.1, -0.05) is 94.0 Å². The minimum absolute atomic E-state index is 0.0124. The van der Waals surface area contributed by atoms with E-state index in [1.165, 1.54) is 43.4 Å². The second-order valence-electron chi connectivity index (χ2n) is 11.7. The zero-order valence-electron chi connectivity index (χ0n) is 24.4. The first-order valence-corrected chi connectivity index (χ1v) is 14.7. The van der Waals surface area contributed by atoms with Crippen LogP contribution in [0.2, 0.25) is 0 Å². The van der Waals surface area contributed by atoms with Gasteiger partial charge in [-0.05, 0) is 77.6 Å². The highest BCUT2D eigenvalue weighted by Crippen LogP contribution is 2.39. The molecule has 0 radical (unpaired) electrons. The lowest BCUT2D eigenvalue weighted by Gasteiger charge is -2.32. The summed E-state index contributed by atoms with van der Waals surface area (Å²) in [7, 11) is 4.09. The third-order valence-corrected chi connectivity index (χ3v) is 8.79. The Hall–Kier alpha value is -3.07. The lowest BCUT2D eigenvalue weighted by molar-refractivity contribution is -0.123. The fraction of sp³-hybridized carbons (Fsp3) is 0.457. The molecule has 0 N–H and O–H groups in total. The van der Waals surface area contributed by atoms with Crippen molar-refractivity contribution in [2.45, 2.75) is 77.1 Å². The van der Waals surface area contributed by atoms with Crippen LogP contribution < -0.4 is 9.80 Å². The van der Waals surface area contributed by atoms with Gasteiger partial charge in [0, 0.05) is 31.4 Å². The Balaban J connectivity index is 1.44. The molecular weight excluding hydrogens is 464 g/mol. The number of hydrogen-bond acceptors (Lipinski definition) is 2. The molecule has 38 heavy (non-hydrogen) atoms. The van der Waals surface area contributed by atoms with E-state index in [9.17, 15) is 6.17 Å². The van der Waals surface area contributed by atoms with E-state index in [1.54, 1.807) is 4.90 Å². The zero-order chi connectivity index (χ0) is 27.4. The lowest BCUT2D eigenvalue weighted by atomic mass is 9.76. The molecule has 0 aliphatic heterocycles. The molecule has 1 amide bonds. The van der Waals surface area contributed by atoms with Crippen LogP contribution in [0.5, 0.6) is 0 Å².